The Bertz CT molecular complexity index is 604. The standard InChI is InChI=1S/C17H21N3O2/c21-17(20-10-1-2-11-20)14-7-9-19-16(13-14)18-8-3-5-15-6-4-12-22-15/h4,6-7,9,12-13H,1-3,5,8,10-11H2,(H,18,19). The minimum absolute atomic E-state index is 0.110. The van der Waals surface area contributed by atoms with Gasteiger partial charge in [-0.2, -0.15) is 0 Å². The van der Waals surface area contributed by atoms with Crippen LogP contribution in [-0.2, 0) is 6.42 Å². The molecule has 1 saturated heterocycles. The Kier molecular flexibility index (Phi) is 4.73. The van der Waals surface area contributed by atoms with Crippen molar-refractivity contribution in [2.75, 3.05) is 25.0 Å². The number of likely N-dealkylation sites (tertiary alicyclic amines) is 1. The van der Waals surface area contributed by atoms with Crippen molar-refractivity contribution in [1.82, 2.24) is 9.88 Å². The summed E-state index contributed by atoms with van der Waals surface area (Å²) >= 11 is 0. The van der Waals surface area contributed by atoms with E-state index in [1.165, 1.54) is 0 Å². The van der Waals surface area contributed by atoms with E-state index in [0.29, 0.717) is 5.56 Å². The number of anilines is 1. The highest BCUT2D eigenvalue weighted by Crippen LogP contribution is 2.15. The van der Waals surface area contributed by atoms with E-state index in [1.54, 1.807) is 18.5 Å². The van der Waals surface area contributed by atoms with Gasteiger partial charge in [-0.05, 0) is 43.5 Å². The topological polar surface area (TPSA) is 58.4 Å². The van der Waals surface area contributed by atoms with Crippen molar-refractivity contribution in [1.29, 1.82) is 0 Å². The average Bonchev–Trinajstić information content (AvgIpc) is 3.24. The fraction of sp³-hybridized carbons (Fsp3) is 0.412. The fourth-order valence-electron chi connectivity index (χ4n) is 2.70. The third-order valence-corrected chi connectivity index (χ3v) is 3.89. The van der Waals surface area contributed by atoms with Crippen LogP contribution in [0.15, 0.2) is 41.1 Å². The molecule has 0 unspecified atom stereocenters. The zero-order valence-electron chi connectivity index (χ0n) is 12.6. The van der Waals surface area contributed by atoms with E-state index in [1.807, 2.05) is 23.1 Å². The lowest BCUT2D eigenvalue weighted by molar-refractivity contribution is 0.0793. The Morgan fingerprint density at radius 3 is 2.95 bits per heavy atom. The van der Waals surface area contributed by atoms with Gasteiger partial charge in [0.05, 0.1) is 6.26 Å². The summed E-state index contributed by atoms with van der Waals surface area (Å²) in [4.78, 5) is 18.5. The maximum absolute atomic E-state index is 12.3. The van der Waals surface area contributed by atoms with Crippen LogP contribution in [0.2, 0.25) is 0 Å². The fourth-order valence-corrected chi connectivity index (χ4v) is 2.70. The molecule has 1 N–H and O–H groups in total. The van der Waals surface area contributed by atoms with Crippen LogP contribution < -0.4 is 5.32 Å². The summed E-state index contributed by atoms with van der Waals surface area (Å²) in [6.07, 6.45) is 7.45. The first-order valence-electron chi connectivity index (χ1n) is 7.84. The Morgan fingerprint density at radius 2 is 2.18 bits per heavy atom. The summed E-state index contributed by atoms with van der Waals surface area (Å²) in [5, 5.41) is 3.27. The number of nitrogens with one attached hydrogen (secondary N) is 1. The number of aromatic nitrogens is 1. The van der Waals surface area contributed by atoms with Crippen LogP contribution in [0.5, 0.6) is 0 Å². The first kappa shape index (κ1) is 14.6. The van der Waals surface area contributed by atoms with Crippen LogP contribution in [0.25, 0.3) is 0 Å². The molecule has 0 atom stereocenters. The number of hydrogen-bond acceptors (Lipinski definition) is 4. The van der Waals surface area contributed by atoms with Crippen molar-refractivity contribution < 1.29 is 9.21 Å². The van der Waals surface area contributed by atoms with Crippen molar-refractivity contribution >= 4 is 11.7 Å². The molecule has 0 saturated carbocycles. The molecule has 1 amide bonds. The number of nitrogens with zero attached hydrogens (tertiary/aromatic N) is 2. The van der Waals surface area contributed by atoms with Crippen LogP contribution in [0.3, 0.4) is 0 Å². The second-order valence-electron chi connectivity index (χ2n) is 5.54. The quantitative estimate of drug-likeness (QED) is 0.833. The molecule has 0 bridgehead atoms. The number of pyridine rings is 1. The van der Waals surface area contributed by atoms with E-state index in [4.69, 9.17) is 4.42 Å². The van der Waals surface area contributed by atoms with Crippen molar-refractivity contribution in [3.63, 3.8) is 0 Å². The van der Waals surface area contributed by atoms with Gasteiger partial charge in [0.25, 0.3) is 5.91 Å². The van der Waals surface area contributed by atoms with Crippen molar-refractivity contribution in [2.45, 2.75) is 25.7 Å². The molecule has 2 aromatic rings. The SMILES string of the molecule is O=C(c1ccnc(NCCCc2ccco2)c1)N1CCCC1. The lowest BCUT2D eigenvalue weighted by Crippen LogP contribution is -2.27. The molecule has 1 fully saturated rings. The van der Waals surface area contributed by atoms with Crippen LogP contribution in [-0.4, -0.2) is 35.4 Å². The number of aryl methyl sites for hydroxylation is 1. The molecule has 0 radical (unpaired) electrons. The summed E-state index contributed by atoms with van der Waals surface area (Å²) in [7, 11) is 0. The smallest absolute Gasteiger partial charge is 0.254 e. The van der Waals surface area contributed by atoms with E-state index in [9.17, 15) is 4.79 Å². The third-order valence-electron chi connectivity index (χ3n) is 3.89. The Morgan fingerprint density at radius 1 is 1.32 bits per heavy atom. The lowest BCUT2D eigenvalue weighted by atomic mass is 10.2. The van der Waals surface area contributed by atoms with Gasteiger partial charge >= 0.3 is 0 Å². The van der Waals surface area contributed by atoms with Crippen LogP contribution >= 0.6 is 0 Å². The monoisotopic (exact) mass is 299 g/mol. The van der Waals surface area contributed by atoms with Gasteiger partial charge in [0, 0.05) is 37.8 Å². The Labute approximate surface area is 130 Å². The summed E-state index contributed by atoms with van der Waals surface area (Å²) in [5.41, 5.74) is 0.713. The van der Waals surface area contributed by atoms with Gasteiger partial charge in [-0.3, -0.25) is 4.79 Å². The highest BCUT2D eigenvalue weighted by atomic mass is 16.3. The van der Waals surface area contributed by atoms with E-state index in [2.05, 4.69) is 10.3 Å². The number of carbonyl (C=O) groups excluding carboxylic acids is 1. The molecular formula is C17H21N3O2. The Balaban J connectivity index is 1.51. The number of carbonyl (C=O) groups is 1. The summed E-state index contributed by atoms with van der Waals surface area (Å²) in [6.45, 7) is 2.54. The number of rotatable bonds is 6. The minimum atomic E-state index is 0.110. The lowest BCUT2D eigenvalue weighted by Gasteiger charge is -2.15. The van der Waals surface area contributed by atoms with E-state index in [0.717, 1.165) is 56.9 Å². The molecule has 0 aliphatic carbocycles. The van der Waals surface area contributed by atoms with Crippen molar-refractivity contribution in [3.05, 3.63) is 48.0 Å². The zero-order valence-corrected chi connectivity index (χ0v) is 12.6. The molecule has 116 valence electrons. The van der Waals surface area contributed by atoms with Gasteiger partial charge < -0.3 is 14.6 Å². The molecule has 3 rings (SSSR count). The van der Waals surface area contributed by atoms with Gasteiger partial charge in [0.2, 0.25) is 0 Å². The molecule has 1 aliphatic heterocycles. The molecule has 3 heterocycles. The van der Waals surface area contributed by atoms with Gasteiger partial charge in [-0.15, -0.1) is 0 Å². The van der Waals surface area contributed by atoms with Gasteiger partial charge in [-0.25, -0.2) is 4.98 Å². The highest BCUT2D eigenvalue weighted by molar-refractivity contribution is 5.94. The third kappa shape index (κ3) is 3.67. The van der Waals surface area contributed by atoms with Gasteiger partial charge in [0.15, 0.2) is 0 Å². The number of hydrogen-bond donors (Lipinski definition) is 1. The highest BCUT2D eigenvalue weighted by Gasteiger charge is 2.19. The largest absolute Gasteiger partial charge is 0.469 e. The van der Waals surface area contributed by atoms with E-state index < -0.39 is 0 Å². The minimum Gasteiger partial charge on any atom is -0.469 e. The second-order valence-corrected chi connectivity index (χ2v) is 5.54. The van der Waals surface area contributed by atoms with Crippen molar-refractivity contribution in [3.8, 4) is 0 Å². The Hall–Kier alpha value is -2.30. The average molecular weight is 299 g/mol. The molecule has 1 aliphatic rings. The second kappa shape index (κ2) is 7.11. The van der Waals surface area contributed by atoms with Gasteiger partial charge in [-0.1, -0.05) is 0 Å². The predicted molar refractivity (Wildman–Crippen MR) is 84.9 cm³/mol. The zero-order chi connectivity index (χ0) is 15.2. The molecule has 0 spiro atoms. The van der Waals surface area contributed by atoms with Crippen LogP contribution in [0.1, 0.15) is 35.4 Å². The predicted octanol–water partition coefficient (Wildman–Crippen LogP) is 2.96. The first-order chi connectivity index (χ1) is 10.8. The molecule has 5 nitrogen and oxygen atoms in total. The summed E-state index contributed by atoms with van der Waals surface area (Å²) < 4.78 is 5.30. The normalized spacial score (nSPS) is 14.3. The first-order valence-corrected chi connectivity index (χ1v) is 7.84. The summed E-state index contributed by atoms with van der Waals surface area (Å²) in [5.74, 6) is 1.86. The number of amides is 1. The molecule has 0 aromatic carbocycles. The molecule has 5 heteroatoms. The van der Waals surface area contributed by atoms with Crippen LogP contribution in [0, 0.1) is 0 Å². The maximum Gasteiger partial charge on any atom is 0.254 e. The molecule has 2 aromatic heterocycles. The molecule has 22 heavy (non-hydrogen) atoms. The maximum atomic E-state index is 12.3. The van der Waals surface area contributed by atoms with Crippen molar-refractivity contribution in [2.24, 2.45) is 0 Å². The van der Waals surface area contributed by atoms with Gasteiger partial charge in [0.1, 0.15) is 11.6 Å². The van der Waals surface area contributed by atoms with Crippen LogP contribution in [0.4, 0.5) is 5.82 Å². The number of furan rings is 1. The summed E-state index contributed by atoms with van der Waals surface area (Å²) in [6, 6.07) is 7.51. The van der Waals surface area contributed by atoms with E-state index in [-0.39, 0.29) is 5.91 Å². The van der Waals surface area contributed by atoms with E-state index >= 15 is 0 Å². The molecular weight excluding hydrogens is 278 g/mol.